The lowest BCUT2D eigenvalue weighted by atomic mass is 10.00. The molecule has 1 atom stereocenters. The topological polar surface area (TPSA) is 75.6 Å². The Bertz CT molecular complexity index is 527. The first-order valence-corrected chi connectivity index (χ1v) is 6.88. The Labute approximate surface area is 125 Å². The highest BCUT2D eigenvalue weighted by Gasteiger charge is 2.34. The Balaban J connectivity index is 2.63. The van der Waals surface area contributed by atoms with Crippen LogP contribution in [0.4, 0.5) is 0 Å². The summed E-state index contributed by atoms with van der Waals surface area (Å²) in [4.78, 5) is 23.2. The normalized spacial score (nSPS) is 13.5. The highest BCUT2D eigenvalue weighted by atomic mass is 16.5. The van der Waals surface area contributed by atoms with Crippen LogP contribution >= 0.6 is 0 Å². The summed E-state index contributed by atoms with van der Waals surface area (Å²) in [6, 6.07) is 6.08. The van der Waals surface area contributed by atoms with E-state index in [-0.39, 0.29) is 18.9 Å². The quantitative estimate of drug-likeness (QED) is 0.804. The van der Waals surface area contributed by atoms with Gasteiger partial charge in [0, 0.05) is 13.5 Å². The summed E-state index contributed by atoms with van der Waals surface area (Å²) < 4.78 is 4.87. The van der Waals surface area contributed by atoms with Crippen LogP contribution in [0, 0.1) is 13.8 Å². The van der Waals surface area contributed by atoms with Crippen LogP contribution in [0.1, 0.15) is 30.0 Å². The summed E-state index contributed by atoms with van der Waals surface area (Å²) in [5, 5.41) is 11.7. The summed E-state index contributed by atoms with van der Waals surface area (Å²) in [5.41, 5.74) is 2.02. The van der Waals surface area contributed by atoms with Crippen molar-refractivity contribution in [3.8, 4) is 0 Å². The first-order chi connectivity index (χ1) is 9.78. The molecule has 0 aliphatic rings. The number of amides is 1. The lowest BCUT2D eigenvalue weighted by Crippen LogP contribution is -2.55. The molecule has 1 aromatic rings. The minimum Gasteiger partial charge on any atom is -0.479 e. The van der Waals surface area contributed by atoms with Crippen LogP contribution in [-0.4, -0.2) is 36.2 Å². The van der Waals surface area contributed by atoms with Crippen LogP contribution in [0.15, 0.2) is 18.2 Å². The van der Waals surface area contributed by atoms with Crippen molar-refractivity contribution in [2.45, 2.75) is 39.2 Å². The van der Waals surface area contributed by atoms with Gasteiger partial charge in [-0.25, -0.2) is 4.79 Å². The fraction of sp³-hybridized carbons (Fsp3) is 0.500. The molecular formula is C16H23NO4. The Morgan fingerprint density at radius 1 is 1.33 bits per heavy atom. The number of rotatable bonds is 7. The third-order valence-electron chi connectivity index (χ3n) is 3.44. The number of methoxy groups -OCH3 is 1. The van der Waals surface area contributed by atoms with Crippen molar-refractivity contribution in [3.63, 3.8) is 0 Å². The fourth-order valence-electron chi connectivity index (χ4n) is 2.18. The smallest absolute Gasteiger partial charge is 0.331 e. The van der Waals surface area contributed by atoms with Crippen molar-refractivity contribution in [1.29, 1.82) is 0 Å². The zero-order valence-electron chi connectivity index (χ0n) is 13.0. The summed E-state index contributed by atoms with van der Waals surface area (Å²) in [5.74, 6) is -1.40. The molecule has 1 rings (SSSR count). The van der Waals surface area contributed by atoms with Crippen LogP contribution in [0.2, 0.25) is 0 Å². The average molecular weight is 293 g/mol. The van der Waals surface area contributed by atoms with Crippen LogP contribution in [0.25, 0.3) is 0 Å². The molecule has 0 fully saturated rings. The highest BCUT2D eigenvalue weighted by molar-refractivity contribution is 5.86. The summed E-state index contributed by atoms with van der Waals surface area (Å²) >= 11 is 0. The van der Waals surface area contributed by atoms with Crippen molar-refractivity contribution in [3.05, 3.63) is 34.9 Å². The van der Waals surface area contributed by atoms with E-state index in [9.17, 15) is 14.7 Å². The molecule has 0 saturated carbocycles. The van der Waals surface area contributed by atoms with Gasteiger partial charge < -0.3 is 15.2 Å². The van der Waals surface area contributed by atoms with Crippen LogP contribution in [0.5, 0.6) is 0 Å². The molecule has 0 radical (unpaired) electrons. The minimum absolute atomic E-state index is 0.0718. The van der Waals surface area contributed by atoms with E-state index in [1.807, 2.05) is 26.0 Å². The molecule has 1 amide bonds. The molecule has 116 valence electrons. The number of ether oxygens (including phenoxy) is 1. The summed E-state index contributed by atoms with van der Waals surface area (Å²) in [7, 11) is 1.41. The van der Waals surface area contributed by atoms with Gasteiger partial charge in [-0.1, -0.05) is 23.8 Å². The molecule has 0 aliphatic heterocycles. The number of benzene rings is 1. The average Bonchev–Trinajstić information content (AvgIpc) is 2.37. The second-order valence-electron chi connectivity index (χ2n) is 5.55. The Morgan fingerprint density at radius 3 is 2.52 bits per heavy atom. The lowest BCUT2D eigenvalue weighted by Gasteiger charge is -2.25. The molecule has 5 nitrogen and oxygen atoms in total. The van der Waals surface area contributed by atoms with E-state index in [0.717, 1.165) is 11.1 Å². The lowest BCUT2D eigenvalue weighted by molar-refractivity contribution is -0.149. The third-order valence-corrected chi connectivity index (χ3v) is 3.44. The van der Waals surface area contributed by atoms with E-state index in [0.29, 0.717) is 6.42 Å². The molecule has 0 bridgehead atoms. The zero-order chi connectivity index (χ0) is 16.0. The van der Waals surface area contributed by atoms with Crippen molar-refractivity contribution in [1.82, 2.24) is 5.32 Å². The van der Waals surface area contributed by atoms with Gasteiger partial charge in [-0.2, -0.15) is 0 Å². The number of carboxylic acids is 1. The van der Waals surface area contributed by atoms with Gasteiger partial charge in [-0.3, -0.25) is 4.79 Å². The van der Waals surface area contributed by atoms with Gasteiger partial charge in [0.2, 0.25) is 5.91 Å². The van der Waals surface area contributed by atoms with E-state index in [4.69, 9.17) is 4.74 Å². The van der Waals surface area contributed by atoms with Crippen LogP contribution in [-0.2, 0) is 20.7 Å². The summed E-state index contributed by atoms with van der Waals surface area (Å²) in [6.45, 7) is 5.39. The number of carbonyl (C=O) groups excluding carboxylic acids is 1. The SMILES string of the molecule is COCC(C)(NC(=O)CCc1ccc(C)cc1C)C(=O)O. The third kappa shape index (κ3) is 4.86. The van der Waals surface area contributed by atoms with Crippen LogP contribution < -0.4 is 5.32 Å². The van der Waals surface area contributed by atoms with Crippen molar-refractivity contribution in [2.24, 2.45) is 0 Å². The first kappa shape index (κ1) is 17.2. The van der Waals surface area contributed by atoms with Gasteiger partial charge in [0.05, 0.1) is 6.61 Å². The largest absolute Gasteiger partial charge is 0.479 e. The maximum atomic E-state index is 12.0. The first-order valence-electron chi connectivity index (χ1n) is 6.88. The van der Waals surface area contributed by atoms with E-state index >= 15 is 0 Å². The van der Waals surface area contributed by atoms with Crippen molar-refractivity contribution >= 4 is 11.9 Å². The predicted octanol–water partition coefficient (Wildman–Crippen LogP) is 1.84. The Morgan fingerprint density at radius 2 is 2.00 bits per heavy atom. The predicted molar refractivity (Wildman–Crippen MR) is 80.3 cm³/mol. The number of carbonyl (C=O) groups is 2. The van der Waals surface area contributed by atoms with E-state index < -0.39 is 11.5 Å². The minimum atomic E-state index is -1.39. The van der Waals surface area contributed by atoms with Gasteiger partial charge in [0.25, 0.3) is 0 Å². The molecule has 21 heavy (non-hydrogen) atoms. The van der Waals surface area contributed by atoms with Gasteiger partial charge in [-0.05, 0) is 38.3 Å². The molecule has 0 aromatic heterocycles. The second-order valence-corrected chi connectivity index (χ2v) is 5.55. The molecule has 5 heteroatoms. The highest BCUT2D eigenvalue weighted by Crippen LogP contribution is 2.13. The number of aryl methyl sites for hydroxylation is 3. The number of hydrogen-bond acceptors (Lipinski definition) is 3. The molecule has 0 aliphatic carbocycles. The Hall–Kier alpha value is -1.88. The standard InChI is InChI=1S/C16H23NO4/c1-11-5-6-13(12(2)9-11)7-8-14(18)17-16(3,10-21-4)15(19)20/h5-6,9H,7-8,10H2,1-4H3,(H,17,18)(H,19,20). The number of carboxylic acid groups (broad SMARTS) is 1. The molecule has 2 N–H and O–H groups in total. The number of hydrogen-bond donors (Lipinski definition) is 2. The second kappa shape index (κ2) is 7.22. The fourth-order valence-corrected chi connectivity index (χ4v) is 2.18. The molecule has 0 saturated heterocycles. The van der Waals surface area contributed by atoms with Crippen molar-refractivity contribution in [2.75, 3.05) is 13.7 Å². The maximum Gasteiger partial charge on any atom is 0.331 e. The summed E-state index contributed by atoms with van der Waals surface area (Å²) in [6.07, 6.45) is 0.830. The number of nitrogens with one attached hydrogen (secondary N) is 1. The van der Waals surface area contributed by atoms with Crippen molar-refractivity contribution < 1.29 is 19.4 Å². The van der Waals surface area contributed by atoms with Gasteiger partial charge in [0.1, 0.15) is 0 Å². The maximum absolute atomic E-state index is 12.0. The molecule has 0 heterocycles. The molecule has 1 aromatic carbocycles. The molecular weight excluding hydrogens is 270 g/mol. The van der Waals surface area contributed by atoms with Gasteiger partial charge in [-0.15, -0.1) is 0 Å². The van der Waals surface area contributed by atoms with Gasteiger partial charge in [0.15, 0.2) is 5.54 Å². The zero-order valence-corrected chi connectivity index (χ0v) is 13.0. The van der Waals surface area contributed by atoms with Gasteiger partial charge >= 0.3 is 5.97 Å². The van der Waals surface area contributed by atoms with E-state index in [1.165, 1.54) is 19.6 Å². The van der Waals surface area contributed by atoms with E-state index in [2.05, 4.69) is 11.4 Å². The Kier molecular flexibility index (Phi) is 5.90. The number of aliphatic carboxylic acids is 1. The molecule has 0 spiro atoms. The molecule has 1 unspecified atom stereocenters. The monoisotopic (exact) mass is 293 g/mol. The van der Waals surface area contributed by atoms with E-state index in [1.54, 1.807) is 0 Å². The van der Waals surface area contributed by atoms with Crippen LogP contribution in [0.3, 0.4) is 0 Å².